The van der Waals surface area contributed by atoms with Crippen LogP contribution in [0.2, 0.25) is 0 Å². The molecule has 31 heavy (non-hydrogen) atoms. The Morgan fingerprint density at radius 1 is 1.26 bits per heavy atom. The van der Waals surface area contributed by atoms with Crippen LogP contribution in [0.25, 0.3) is 0 Å². The Balaban J connectivity index is 2.41. The summed E-state index contributed by atoms with van der Waals surface area (Å²) in [5.74, 6) is -1.67. The third-order valence-electron chi connectivity index (χ3n) is 5.97. The largest absolute Gasteiger partial charge is 0.460 e. The van der Waals surface area contributed by atoms with Crippen molar-refractivity contribution in [3.05, 3.63) is 12.2 Å². The number of aliphatic hydroxyl groups is 2. The summed E-state index contributed by atoms with van der Waals surface area (Å²) in [7, 11) is 0. The molecule has 3 atom stereocenters. The molecule has 0 aromatic carbocycles. The lowest BCUT2D eigenvalue weighted by Gasteiger charge is -2.19. The van der Waals surface area contributed by atoms with Gasteiger partial charge in [0.05, 0.1) is 6.61 Å². The molecule has 1 aliphatic carbocycles. The molecule has 0 radical (unpaired) electrons. The van der Waals surface area contributed by atoms with Gasteiger partial charge in [0.25, 0.3) is 5.78 Å². The van der Waals surface area contributed by atoms with Crippen molar-refractivity contribution in [1.29, 1.82) is 0 Å². The van der Waals surface area contributed by atoms with E-state index in [1.54, 1.807) is 0 Å². The molecule has 0 aliphatic heterocycles. The number of unbranched alkanes of at least 4 members (excludes halogenated alkanes) is 3. The molecule has 0 heterocycles. The van der Waals surface area contributed by atoms with Gasteiger partial charge in [0.15, 0.2) is 0 Å². The fourth-order valence-corrected chi connectivity index (χ4v) is 4.06. The van der Waals surface area contributed by atoms with E-state index in [0.29, 0.717) is 19.3 Å². The van der Waals surface area contributed by atoms with Crippen LogP contribution < -0.4 is 0 Å². The van der Waals surface area contributed by atoms with Crippen LogP contribution >= 0.6 is 0 Å². The maximum absolute atomic E-state index is 12.3. The van der Waals surface area contributed by atoms with E-state index < -0.39 is 17.5 Å². The molecule has 2 N–H and O–H groups in total. The van der Waals surface area contributed by atoms with Gasteiger partial charge in [-0.3, -0.25) is 9.59 Å². The number of carbonyl (C=O) groups is 3. The summed E-state index contributed by atoms with van der Waals surface area (Å²) < 4.78 is 4.52. The van der Waals surface area contributed by atoms with E-state index in [-0.39, 0.29) is 36.6 Å². The van der Waals surface area contributed by atoms with Gasteiger partial charge >= 0.3 is 5.97 Å². The SMILES string of the molecule is C#C[C@H](CC=C[C@H]1CCC(=O)[C@@H]1CCCCCC(O)(O)C(=O)C(=O)OCC)CCCC. The average Bonchev–Trinajstić information content (AvgIpc) is 3.09. The minimum Gasteiger partial charge on any atom is -0.460 e. The number of ether oxygens (including phenoxy) is 1. The average molecular weight is 435 g/mol. The van der Waals surface area contributed by atoms with Gasteiger partial charge in [0, 0.05) is 24.7 Å². The highest BCUT2D eigenvalue weighted by Gasteiger charge is 2.38. The highest BCUT2D eigenvalue weighted by Crippen LogP contribution is 2.34. The second-order valence-electron chi connectivity index (χ2n) is 8.41. The van der Waals surface area contributed by atoms with Crippen molar-refractivity contribution in [1.82, 2.24) is 0 Å². The van der Waals surface area contributed by atoms with Crippen LogP contribution in [0.4, 0.5) is 0 Å². The third-order valence-corrected chi connectivity index (χ3v) is 5.97. The topological polar surface area (TPSA) is 101 Å². The number of rotatable bonds is 15. The Morgan fingerprint density at radius 2 is 2.00 bits per heavy atom. The van der Waals surface area contributed by atoms with E-state index in [0.717, 1.165) is 44.9 Å². The van der Waals surface area contributed by atoms with E-state index >= 15 is 0 Å². The molecule has 1 fully saturated rings. The maximum Gasteiger partial charge on any atom is 0.380 e. The van der Waals surface area contributed by atoms with E-state index in [4.69, 9.17) is 6.42 Å². The molecule has 1 saturated carbocycles. The number of hydrogen-bond acceptors (Lipinski definition) is 6. The van der Waals surface area contributed by atoms with Gasteiger partial charge in [-0.1, -0.05) is 44.8 Å². The van der Waals surface area contributed by atoms with Gasteiger partial charge in [-0.15, -0.1) is 12.3 Å². The summed E-state index contributed by atoms with van der Waals surface area (Å²) in [5.41, 5.74) is 0. The van der Waals surface area contributed by atoms with Crippen molar-refractivity contribution >= 4 is 17.5 Å². The molecule has 0 aromatic rings. The third kappa shape index (κ3) is 9.37. The first-order valence-corrected chi connectivity index (χ1v) is 11.6. The summed E-state index contributed by atoms with van der Waals surface area (Å²) in [4.78, 5) is 35.4. The molecule has 0 aromatic heterocycles. The molecule has 0 bridgehead atoms. The quantitative estimate of drug-likeness (QED) is 0.102. The second kappa shape index (κ2) is 14.2. The van der Waals surface area contributed by atoms with Crippen LogP contribution in [0, 0.1) is 30.1 Å². The fourth-order valence-electron chi connectivity index (χ4n) is 4.06. The minimum absolute atomic E-state index is 0.00614. The molecule has 0 spiro atoms. The van der Waals surface area contributed by atoms with Crippen LogP contribution in [0.5, 0.6) is 0 Å². The molecule has 6 nitrogen and oxygen atoms in total. The summed E-state index contributed by atoms with van der Waals surface area (Å²) >= 11 is 0. The van der Waals surface area contributed by atoms with Crippen molar-refractivity contribution in [3.63, 3.8) is 0 Å². The van der Waals surface area contributed by atoms with Crippen LogP contribution in [0.1, 0.15) is 84.5 Å². The highest BCUT2D eigenvalue weighted by atomic mass is 16.6. The minimum atomic E-state index is -2.70. The molecule has 1 aliphatic rings. The summed E-state index contributed by atoms with van der Waals surface area (Å²) in [6.45, 7) is 3.68. The number of Topliss-reactive ketones (excluding diaryl/α,β-unsaturated/α-hetero) is 2. The molecule has 174 valence electrons. The van der Waals surface area contributed by atoms with Gasteiger partial charge in [-0.2, -0.15) is 0 Å². The number of esters is 1. The molecule has 0 saturated heterocycles. The second-order valence-corrected chi connectivity index (χ2v) is 8.41. The van der Waals surface area contributed by atoms with Gasteiger partial charge in [-0.25, -0.2) is 4.79 Å². The van der Waals surface area contributed by atoms with E-state index in [2.05, 4.69) is 29.7 Å². The van der Waals surface area contributed by atoms with Crippen LogP contribution in [0.15, 0.2) is 12.2 Å². The zero-order chi connectivity index (χ0) is 23.3. The van der Waals surface area contributed by atoms with Crippen LogP contribution in [0.3, 0.4) is 0 Å². The normalized spacial score (nSPS) is 20.0. The number of ketones is 2. The Hall–Kier alpha value is -1.97. The number of hydrogen-bond donors (Lipinski definition) is 2. The van der Waals surface area contributed by atoms with E-state index in [1.165, 1.54) is 6.92 Å². The summed E-state index contributed by atoms with van der Waals surface area (Å²) in [6.07, 6.45) is 17.7. The summed E-state index contributed by atoms with van der Waals surface area (Å²) in [6, 6.07) is 0. The molecule has 0 unspecified atom stereocenters. The fraction of sp³-hybridized carbons (Fsp3) is 0.720. The first-order valence-electron chi connectivity index (χ1n) is 11.6. The Morgan fingerprint density at radius 3 is 2.65 bits per heavy atom. The predicted octanol–water partition coefficient (Wildman–Crippen LogP) is 3.73. The standard InChI is InChI=1S/C25H38O6/c1-4-7-12-19(5-2)13-11-14-20-16-17-22(26)21(20)15-9-8-10-18-25(29,30)23(27)24(28)31-6-3/h2,11,14,19-21,29-30H,4,6-10,12-13,15-18H2,1,3H3/t19-,20-,21+/m0/s1. The van der Waals surface area contributed by atoms with Crippen molar-refractivity contribution in [2.24, 2.45) is 17.8 Å². The zero-order valence-corrected chi connectivity index (χ0v) is 19.0. The smallest absolute Gasteiger partial charge is 0.380 e. The molecule has 0 amide bonds. The van der Waals surface area contributed by atoms with Gasteiger partial charge < -0.3 is 14.9 Å². The monoisotopic (exact) mass is 434 g/mol. The van der Waals surface area contributed by atoms with Crippen molar-refractivity contribution in [3.8, 4) is 12.3 Å². The van der Waals surface area contributed by atoms with Gasteiger partial charge in [-0.05, 0) is 44.9 Å². The molecular formula is C25H38O6. The lowest BCUT2D eigenvalue weighted by Crippen LogP contribution is -2.43. The number of terminal acetylenes is 1. The first kappa shape index (κ1) is 27.1. The van der Waals surface area contributed by atoms with Gasteiger partial charge in [0.2, 0.25) is 5.79 Å². The highest BCUT2D eigenvalue weighted by molar-refractivity contribution is 6.36. The molecule has 6 heteroatoms. The predicted molar refractivity (Wildman–Crippen MR) is 119 cm³/mol. The number of carbonyl (C=O) groups excluding carboxylic acids is 3. The Bertz CT molecular complexity index is 657. The van der Waals surface area contributed by atoms with Crippen LogP contribution in [-0.4, -0.2) is 40.1 Å². The van der Waals surface area contributed by atoms with Crippen LogP contribution in [-0.2, 0) is 19.1 Å². The Labute approximate surface area is 186 Å². The summed E-state index contributed by atoms with van der Waals surface area (Å²) in [5, 5.41) is 19.6. The van der Waals surface area contributed by atoms with Crippen molar-refractivity contribution < 1.29 is 29.3 Å². The zero-order valence-electron chi connectivity index (χ0n) is 19.0. The van der Waals surface area contributed by atoms with Crippen molar-refractivity contribution in [2.45, 2.75) is 90.3 Å². The lowest BCUT2D eigenvalue weighted by atomic mass is 9.88. The maximum atomic E-state index is 12.3. The van der Waals surface area contributed by atoms with E-state index in [1.807, 2.05) is 0 Å². The van der Waals surface area contributed by atoms with Crippen molar-refractivity contribution in [2.75, 3.05) is 6.61 Å². The van der Waals surface area contributed by atoms with Gasteiger partial charge in [0.1, 0.15) is 5.78 Å². The molecule has 1 rings (SSSR count). The Kier molecular flexibility index (Phi) is 12.4. The first-order chi connectivity index (χ1) is 14.8. The van der Waals surface area contributed by atoms with E-state index in [9.17, 15) is 24.6 Å². The lowest BCUT2D eigenvalue weighted by molar-refractivity contribution is -0.193. The molecular weight excluding hydrogens is 396 g/mol. The number of allylic oxidation sites excluding steroid dienone is 2.